The number of sulfonamides is 1. The maximum atomic E-state index is 13.7. The topological polar surface area (TPSA) is 80.5 Å². The van der Waals surface area contributed by atoms with Crippen LogP contribution in [0.3, 0.4) is 0 Å². The van der Waals surface area contributed by atoms with Crippen LogP contribution < -0.4 is 0 Å². The summed E-state index contributed by atoms with van der Waals surface area (Å²) in [7, 11) is -3.97. The van der Waals surface area contributed by atoms with Gasteiger partial charge in [-0.3, -0.25) is 10.1 Å². The van der Waals surface area contributed by atoms with Crippen LogP contribution in [0, 0.1) is 22.9 Å². The maximum absolute atomic E-state index is 13.7. The second-order valence-corrected chi connectivity index (χ2v) is 6.68. The van der Waals surface area contributed by atoms with E-state index in [1.165, 1.54) is 13.0 Å². The first-order valence-electron chi connectivity index (χ1n) is 6.20. The summed E-state index contributed by atoms with van der Waals surface area (Å²) in [5.74, 6) is -1.03. The molecule has 0 aliphatic carbocycles. The lowest BCUT2D eigenvalue weighted by molar-refractivity contribution is -0.387. The molecular weight excluding hydrogens is 299 g/mol. The smallest absolute Gasteiger partial charge is 0.258 e. The third-order valence-electron chi connectivity index (χ3n) is 2.90. The van der Waals surface area contributed by atoms with E-state index in [1.807, 2.05) is 0 Å². The molecule has 0 unspecified atom stereocenters. The predicted octanol–water partition coefficient (Wildman–Crippen LogP) is 2.63. The molecule has 6 nitrogen and oxygen atoms in total. The van der Waals surface area contributed by atoms with Crippen LogP contribution in [0.5, 0.6) is 0 Å². The number of rotatable bonds is 6. The molecular formula is C13H17FN2O4S. The molecule has 0 aromatic heterocycles. The molecule has 0 amide bonds. The average Bonchev–Trinajstić information content (AvgIpc) is 2.37. The van der Waals surface area contributed by atoms with Gasteiger partial charge in [-0.2, -0.15) is 8.70 Å². The van der Waals surface area contributed by atoms with Crippen molar-refractivity contribution >= 4 is 15.7 Å². The Morgan fingerprint density at radius 1 is 1.48 bits per heavy atom. The van der Waals surface area contributed by atoms with Crippen LogP contribution in [0.1, 0.15) is 19.4 Å². The van der Waals surface area contributed by atoms with Gasteiger partial charge in [0.2, 0.25) is 15.8 Å². The van der Waals surface area contributed by atoms with Gasteiger partial charge in [0.1, 0.15) is 0 Å². The molecule has 0 spiro atoms. The summed E-state index contributed by atoms with van der Waals surface area (Å²) < 4.78 is 39.9. The highest BCUT2D eigenvalue weighted by Crippen LogP contribution is 2.27. The number of nitro groups is 1. The van der Waals surface area contributed by atoms with E-state index in [4.69, 9.17) is 0 Å². The first-order chi connectivity index (χ1) is 9.62. The van der Waals surface area contributed by atoms with Crippen molar-refractivity contribution in [2.75, 3.05) is 6.54 Å². The second kappa shape index (κ2) is 6.31. The van der Waals surface area contributed by atoms with Crippen LogP contribution in [-0.2, 0) is 10.0 Å². The van der Waals surface area contributed by atoms with Gasteiger partial charge in [0, 0.05) is 18.7 Å². The van der Waals surface area contributed by atoms with E-state index in [-0.39, 0.29) is 23.0 Å². The third-order valence-corrected chi connectivity index (χ3v) is 4.92. The van der Waals surface area contributed by atoms with Gasteiger partial charge in [-0.1, -0.05) is 6.08 Å². The van der Waals surface area contributed by atoms with E-state index in [2.05, 4.69) is 6.58 Å². The molecule has 116 valence electrons. The Morgan fingerprint density at radius 3 is 2.48 bits per heavy atom. The lowest BCUT2D eigenvalue weighted by atomic mass is 10.2. The average molecular weight is 316 g/mol. The maximum Gasteiger partial charge on any atom is 0.306 e. The van der Waals surface area contributed by atoms with Crippen molar-refractivity contribution in [1.29, 1.82) is 0 Å². The zero-order valence-electron chi connectivity index (χ0n) is 12.0. The van der Waals surface area contributed by atoms with E-state index < -0.39 is 26.5 Å². The normalized spacial score (nSPS) is 11.9. The summed E-state index contributed by atoms with van der Waals surface area (Å²) in [6.07, 6.45) is 1.42. The fourth-order valence-corrected chi connectivity index (χ4v) is 3.56. The number of hydrogen-bond acceptors (Lipinski definition) is 4. The van der Waals surface area contributed by atoms with E-state index in [0.29, 0.717) is 0 Å². The van der Waals surface area contributed by atoms with Crippen LogP contribution in [0.2, 0.25) is 0 Å². The minimum absolute atomic E-state index is 0.0597. The zero-order chi connectivity index (χ0) is 16.4. The van der Waals surface area contributed by atoms with Gasteiger partial charge in [0.15, 0.2) is 0 Å². The van der Waals surface area contributed by atoms with Gasteiger partial charge in [-0.15, -0.1) is 6.58 Å². The monoisotopic (exact) mass is 316 g/mol. The highest BCUT2D eigenvalue weighted by Gasteiger charge is 2.29. The summed E-state index contributed by atoms with van der Waals surface area (Å²) in [5.41, 5.74) is -0.944. The Labute approximate surface area is 123 Å². The number of hydrogen-bond donors (Lipinski definition) is 0. The number of halogens is 1. The first-order valence-corrected chi connectivity index (χ1v) is 7.64. The molecule has 21 heavy (non-hydrogen) atoms. The lowest BCUT2D eigenvalue weighted by Crippen LogP contribution is -2.37. The quantitative estimate of drug-likeness (QED) is 0.459. The Bertz CT molecular complexity index is 671. The Hall–Kier alpha value is -1.80. The number of aryl methyl sites for hydroxylation is 1. The molecule has 0 bridgehead atoms. The summed E-state index contributed by atoms with van der Waals surface area (Å²) in [6, 6.07) is 1.48. The van der Waals surface area contributed by atoms with Gasteiger partial charge in [0.25, 0.3) is 0 Å². The molecule has 0 aliphatic rings. The van der Waals surface area contributed by atoms with Crippen LogP contribution >= 0.6 is 0 Å². The van der Waals surface area contributed by atoms with Crippen molar-refractivity contribution in [3.63, 3.8) is 0 Å². The summed E-state index contributed by atoms with van der Waals surface area (Å²) >= 11 is 0. The molecule has 8 heteroatoms. The van der Waals surface area contributed by atoms with Gasteiger partial charge in [-0.05, 0) is 32.4 Å². The van der Waals surface area contributed by atoms with Crippen LogP contribution in [0.4, 0.5) is 10.1 Å². The Kier molecular flexibility index (Phi) is 5.19. The molecule has 0 heterocycles. The van der Waals surface area contributed by atoms with Crippen molar-refractivity contribution in [3.05, 3.63) is 46.3 Å². The zero-order valence-corrected chi connectivity index (χ0v) is 12.9. The SMILES string of the molecule is C=CCN(C(C)C)S(=O)(=O)c1cc(C)c(F)c([N+](=O)[O-])c1. The van der Waals surface area contributed by atoms with Crippen LogP contribution in [-0.4, -0.2) is 30.2 Å². The molecule has 1 aromatic rings. The molecule has 0 saturated carbocycles. The predicted molar refractivity (Wildman–Crippen MR) is 77.0 cm³/mol. The highest BCUT2D eigenvalue weighted by molar-refractivity contribution is 7.89. The van der Waals surface area contributed by atoms with Gasteiger partial charge in [-0.25, -0.2) is 8.42 Å². The van der Waals surface area contributed by atoms with Gasteiger partial charge >= 0.3 is 5.69 Å². The number of benzene rings is 1. The van der Waals surface area contributed by atoms with Crippen LogP contribution in [0.15, 0.2) is 29.7 Å². The first kappa shape index (κ1) is 17.3. The van der Waals surface area contributed by atoms with Crippen LogP contribution in [0.25, 0.3) is 0 Å². The molecule has 0 fully saturated rings. The summed E-state index contributed by atoms with van der Waals surface area (Å²) in [6.45, 7) is 8.18. The molecule has 0 N–H and O–H groups in total. The lowest BCUT2D eigenvalue weighted by Gasteiger charge is -2.24. The molecule has 1 aromatic carbocycles. The minimum atomic E-state index is -3.97. The molecule has 1 rings (SSSR count). The molecule has 0 atom stereocenters. The fourth-order valence-electron chi connectivity index (χ4n) is 1.85. The minimum Gasteiger partial charge on any atom is -0.258 e. The Balaban J connectivity index is 3.51. The van der Waals surface area contributed by atoms with E-state index >= 15 is 0 Å². The number of nitrogens with zero attached hydrogens (tertiary/aromatic N) is 2. The third kappa shape index (κ3) is 3.45. The van der Waals surface area contributed by atoms with Crippen molar-refractivity contribution in [2.24, 2.45) is 0 Å². The molecule has 0 radical (unpaired) electrons. The molecule has 0 saturated heterocycles. The van der Waals surface area contributed by atoms with Crippen molar-refractivity contribution < 1.29 is 17.7 Å². The molecule has 0 aliphatic heterocycles. The van der Waals surface area contributed by atoms with E-state index in [1.54, 1.807) is 13.8 Å². The standard InChI is InChI=1S/C13H17FN2O4S/c1-5-6-15(9(2)3)21(19,20)11-7-10(4)13(14)12(8-11)16(17)18/h5,7-9H,1,6H2,2-4H3. The van der Waals surface area contributed by atoms with Crippen molar-refractivity contribution in [2.45, 2.75) is 31.7 Å². The summed E-state index contributed by atoms with van der Waals surface area (Å²) in [5, 5.41) is 10.8. The van der Waals surface area contributed by atoms with Crippen molar-refractivity contribution in [3.8, 4) is 0 Å². The second-order valence-electron chi connectivity index (χ2n) is 4.79. The highest BCUT2D eigenvalue weighted by atomic mass is 32.2. The largest absolute Gasteiger partial charge is 0.306 e. The van der Waals surface area contributed by atoms with Gasteiger partial charge < -0.3 is 0 Å². The Morgan fingerprint density at radius 2 is 2.05 bits per heavy atom. The van der Waals surface area contributed by atoms with E-state index in [0.717, 1.165) is 16.4 Å². The number of nitro benzene ring substituents is 1. The van der Waals surface area contributed by atoms with Crippen molar-refractivity contribution in [1.82, 2.24) is 4.31 Å². The fraction of sp³-hybridized carbons (Fsp3) is 0.385. The summed E-state index contributed by atoms with van der Waals surface area (Å²) in [4.78, 5) is 9.59. The van der Waals surface area contributed by atoms with Gasteiger partial charge in [0.05, 0.1) is 9.82 Å². The van der Waals surface area contributed by atoms with E-state index in [9.17, 15) is 22.9 Å².